The van der Waals surface area contributed by atoms with Crippen molar-refractivity contribution < 1.29 is 13.9 Å². The topological polar surface area (TPSA) is 26.3 Å². The zero-order valence-corrected chi connectivity index (χ0v) is 9.17. The van der Waals surface area contributed by atoms with Gasteiger partial charge in [-0.1, -0.05) is 6.07 Å². The van der Waals surface area contributed by atoms with Crippen LogP contribution in [0.2, 0.25) is 0 Å². The van der Waals surface area contributed by atoms with Gasteiger partial charge in [-0.25, -0.2) is 4.39 Å². The quantitative estimate of drug-likeness (QED) is 0.761. The van der Waals surface area contributed by atoms with Crippen LogP contribution in [-0.2, 0) is 6.61 Å². The van der Waals surface area contributed by atoms with Crippen LogP contribution < -0.4 is 4.74 Å². The average Bonchev–Trinajstić information content (AvgIpc) is 2.80. The van der Waals surface area contributed by atoms with Gasteiger partial charge < -0.3 is 4.74 Å². The Morgan fingerprint density at radius 2 is 2.25 bits per heavy atom. The smallest absolute Gasteiger partial charge is 0.153 e. The molecule has 0 aliphatic carbocycles. The number of hydrogen-bond acceptors (Lipinski definition) is 3. The van der Waals surface area contributed by atoms with E-state index in [-0.39, 0.29) is 5.56 Å². The summed E-state index contributed by atoms with van der Waals surface area (Å²) in [6.45, 7) is 0.393. The summed E-state index contributed by atoms with van der Waals surface area (Å²) in [5, 5.41) is 1.95. The van der Waals surface area contributed by atoms with Gasteiger partial charge in [0.2, 0.25) is 0 Å². The highest BCUT2D eigenvalue weighted by Gasteiger charge is 2.05. The van der Waals surface area contributed by atoms with Crippen molar-refractivity contribution in [2.24, 2.45) is 0 Å². The summed E-state index contributed by atoms with van der Waals surface area (Å²) in [5.74, 6) is -0.0321. The molecule has 0 aliphatic heterocycles. The summed E-state index contributed by atoms with van der Waals surface area (Å²) in [6, 6.07) is 7.77. The highest BCUT2D eigenvalue weighted by atomic mass is 32.1. The lowest BCUT2D eigenvalue weighted by atomic mass is 10.2. The number of benzene rings is 1. The van der Waals surface area contributed by atoms with E-state index in [4.69, 9.17) is 4.74 Å². The van der Waals surface area contributed by atoms with Crippen LogP contribution in [0.5, 0.6) is 5.75 Å². The van der Waals surface area contributed by atoms with Crippen LogP contribution >= 0.6 is 11.3 Å². The van der Waals surface area contributed by atoms with Crippen molar-refractivity contribution >= 4 is 17.6 Å². The lowest BCUT2D eigenvalue weighted by Crippen LogP contribution is -1.97. The third-order valence-corrected chi connectivity index (χ3v) is 2.90. The van der Waals surface area contributed by atoms with Crippen molar-refractivity contribution in [3.8, 4) is 5.75 Å². The van der Waals surface area contributed by atoms with E-state index >= 15 is 0 Å². The minimum Gasteiger partial charge on any atom is -0.487 e. The molecule has 1 aromatic heterocycles. The molecule has 0 aliphatic rings. The number of carbonyl (C=O) groups is 1. The van der Waals surface area contributed by atoms with Crippen molar-refractivity contribution in [3.63, 3.8) is 0 Å². The normalized spacial score (nSPS) is 10.1. The fraction of sp³-hybridized carbons (Fsp3) is 0.0833. The molecule has 1 heterocycles. The molecule has 0 unspecified atom stereocenters. The molecule has 0 atom stereocenters. The second-order valence-corrected chi connectivity index (χ2v) is 4.20. The van der Waals surface area contributed by atoms with Crippen molar-refractivity contribution in [1.29, 1.82) is 0 Å². The Kier molecular flexibility index (Phi) is 3.31. The average molecular weight is 236 g/mol. The molecule has 0 bridgehead atoms. The third-order valence-electron chi connectivity index (χ3n) is 2.05. The predicted molar refractivity (Wildman–Crippen MR) is 60.4 cm³/mol. The van der Waals surface area contributed by atoms with Crippen molar-refractivity contribution in [1.82, 2.24) is 0 Å². The monoisotopic (exact) mass is 236 g/mol. The predicted octanol–water partition coefficient (Wildman–Crippen LogP) is 3.28. The zero-order valence-electron chi connectivity index (χ0n) is 8.35. The minimum absolute atomic E-state index is 0.233. The number of thiophene rings is 1. The van der Waals surface area contributed by atoms with Crippen LogP contribution in [0.1, 0.15) is 15.2 Å². The first-order valence-corrected chi connectivity index (χ1v) is 5.57. The SMILES string of the molecule is O=Cc1cc(F)ccc1OCc1cccs1. The first-order valence-electron chi connectivity index (χ1n) is 4.69. The molecule has 2 aromatic rings. The molecular weight excluding hydrogens is 227 g/mol. The second-order valence-electron chi connectivity index (χ2n) is 3.17. The number of halogens is 1. The van der Waals surface area contributed by atoms with Crippen LogP contribution in [0.3, 0.4) is 0 Å². The van der Waals surface area contributed by atoms with Gasteiger partial charge in [0.1, 0.15) is 18.2 Å². The van der Waals surface area contributed by atoms with Crippen LogP contribution in [0, 0.1) is 5.82 Å². The Balaban J connectivity index is 2.12. The molecule has 16 heavy (non-hydrogen) atoms. The number of rotatable bonds is 4. The van der Waals surface area contributed by atoms with E-state index in [1.165, 1.54) is 12.1 Å². The first kappa shape index (κ1) is 10.8. The summed E-state index contributed by atoms with van der Waals surface area (Å²) in [5.41, 5.74) is 0.233. The van der Waals surface area contributed by atoms with Crippen LogP contribution in [-0.4, -0.2) is 6.29 Å². The van der Waals surface area contributed by atoms with Gasteiger partial charge in [-0.3, -0.25) is 4.79 Å². The number of aldehydes is 1. The summed E-state index contributed by atoms with van der Waals surface area (Å²) in [4.78, 5) is 11.8. The van der Waals surface area contributed by atoms with Gasteiger partial charge in [0.15, 0.2) is 6.29 Å². The van der Waals surface area contributed by atoms with Gasteiger partial charge in [0.25, 0.3) is 0 Å². The van der Waals surface area contributed by atoms with Crippen molar-refractivity contribution in [2.45, 2.75) is 6.61 Å². The Labute approximate surface area is 96.3 Å². The van der Waals surface area contributed by atoms with Gasteiger partial charge in [-0.05, 0) is 29.6 Å². The molecule has 0 radical (unpaired) electrons. The molecule has 2 rings (SSSR count). The van der Waals surface area contributed by atoms with Crippen LogP contribution in [0.15, 0.2) is 35.7 Å². The molecule has 0 spiro atoms. The molecule has 82 valence electrons. The molecular formula is C12H9FO2S. The van der Waals surface area contributed by atoms with E-state index in [0.29, 0.717) is 18.6 Å². The molecule has 4 heteroatoms. The lowest BCUT2D eigenvalue weighted by molar-refractivity contribution is 0.111. The minimum atomic E-state index is -0.439. The number of hydrogen-bond donors (Lipinski definition) is 0. The maximum absolute atomic E-state index is 12.8. The third kappa shape index (κ3) is 2.46. The van der Waals surface area contributed by atoms with E-state index in [2.05, 4.69) is 0 Å². The van der Waals surface area contributed by atoms with Crippen molar-refractivity contribution in [2.75, 3.05) is 0 Å². The van der Waals surface area contributed by atoms with E-state index in [1.807, 2.05) is 17.5 Å². The maximum atomic E-state index is 12.8. The highest BCUT2D eigenvalue weighted by molar-refractivity contribution is 7.09. The van der Waals surface area contributed by atoms with Crippen LogP contribution in [0.4, 0.5) is 4.39 Å². The number of carbonyl (C=O) groups excluding carboxylic acids is 1. The van der Waals surface area contributed by atoms with E-state index in [0.717, 1.165) is 10.9 Å². The molecule has 2 nitrogen and oxygen atoms in total. The Morgan fingerprint density at radius 1 is 1.38 bits per heavy atom. The van der Waals surface area contributed by atoms with E-state index in [1.54, 1.807) is 11.3 Å². The molecule has 0 N–H and O–H groups in total. The molecule has 1 aromatic carbocycles. The molecule has 0 saturated carbocycles. The van der Waals surface area contributed by atoms with Crippen LogP contribution in [0.25, 0.3) is 0 Å². The van der Waals surface area contributed by atoms with Gasteiger partial charge in [0.05, 0.1) is 5.56 Å². The van der Waals surface area contributed by atoms with Gasteiger partial charge >= 0.3 is 0 Å². The van der Waals surface area contributed by atoms with Gasteiger partial charge in [0, 0.05) is 4.88 Å². The Bertz CT molecular complexity index is 480. The standard InChI is InChI=1S/C12H9FO2S/c13-10-3-4-12(9(6-10)7-14)15-8-11-2-1-5-16-11/h1-7H,8H2. The Hall–Kier alpha value is -1.68. The second kappa shape index (κ2) is 4.90. The highest BCUT2D eigenvalue weighted by Crippen LogP contribution is 2.20. The lowest BCUT2D eigenvalue weighted by Gasteiger charge is -2.06. The van der Waals surface area contributed by atoms with E-state index in [9.17, 15) is 9.18 Å². The number of ether oxygens (including phenoxy) is 1. The maximum Gasteiger partial charge on any atom is 0.153 e. The first-order chi connectivity index (χ1) is 7.79. The van der Waals surface area contributed by atoms with Gasteiger partial charge in [-0.15, -0.1) is 11.3 Å². The zero-order chi connectivity index (χ0) is 11.4. The largest absolute Gasteiger partial charge is 0.487 e. The molecule has 0 amide bonds. The van der Waals surface area contributed by atoms with E-state index < -0.39 is 5.82 Å². The molecule has 0 fully saturated rings. The van der Waals surface area contributed by atoms with Gasteiger partial charge in [-0.2, -0.15) is 0 Å². The molecule has 0 saturated heterocycles. The fourth-order valence-corrected chi connectivity index (χ4v) is 1.90. The Morgan fingerprint density at radius 3 is 2.94 bits per heavy atom. The summed E-state index contributed by atoms with van der Waals surface area (Å²) < 4.78 is 18.3. The van der Waals surface area contributed by atoms with Crippen molar-refractivity contribution in [3.05, 3.63) is 52.0 Å². The summed E-state index contributed by atoms with van der Waals surface area (Å²) >= 11 is 1.57. The fourth-order valence-electron chi connectivity index (χ4n) is 1.29. The summed E-state index contributed by atoms with van der Waals surface area (Å²) in [7, 11) is 0. The summed E-state index contributed by atoms with van der Waals surface area (Å²) in [6.07, 6.45) is 0.590.